The molecule has 7 heteroatoms. The van der Waals surface area contributed by atoms with Crippen molar-refractivity contribution in [1.82, 2.24) is 14.8 Å². The zero-order chi connectivity index (χ0) is 19.5. The van der Waals surface area contributed by atoms with Gasteiger partial charge >= 0.3 is 5.97 Å². The number of benzene rings is 2. The number of esters is 1. The number of carbonyl (C=O) groups is 1. The fraction of sp³-hybridized carbons (Fsp3) is 0.190. The summed E-state index contributed by atoms with van der Waals surface area (Å²) in [5.74, 6) is 0.875. The van der Waals surface area contributed by atoms with Gasteiger partial charge in [-0.2, -0.15) is 10.1 Å². The lowest BCUT2D eigenvalue weighted by molar-refractivity contribution is -0.140. The van der Waals surface area contributed by atoms with Crippen LogP contribution in [0.15, 0.2) is 72.2 Å². The number of hydrogen-bond acceptors (Lipinski definition) is 6. The van der Waals surface area contributed by atoms with E-state index in [1.165, 1.54) is 6.33 Å². The smallest absolute Gasteiger partial charge is 0.338 e. The quantitative estimate of drug-likeness (QED) is 0.688. The number of nitrogens with zero attached hydrogens (tertiary/aromatic N) is 3. The first-order chi connectivity index (χ1) is 13.7. The molecule has 1 unspecified atom stereocenters. The first kappa shape index (κ1) is 17.8. The maximum atomic E-state index is 13.0. The molecule has 0 saturated carbocycles. The minimum atomic E-state index is -0.461. The number of nitrogens with one attached hydrogen (secondary N) is 1. The minimum absolute atomic E-state index is 0.200. The lowest BCUT2D eigenvalue weighted by atomic mass is 9.95. The highest BCUT2D eigenvalue weighted by molar-refractivity contribution is 5.92. The van der Waals surface area contributed by atoms with Gasteiger partial charge in [0.05, 0.1) is 12.7 Å². The first-order valence-electron chi connectivity index (χ1n) is 8.89. The van der Waals surface area contributed by atoms with Crippen LogP contribution >= 0.6 is 0 Å². The van der Waals surface area contributed by atoms with Gasteiger partial charge in [0, 0.05) is 5.70 Å². The van der Waals surface area contributed by atoms with E-state index in [1.807, 2.05) is 61.5 Å². The fourth-order valence-corrected chi connectivity index (χ4v) is 3.28. The van der Waals surface area contributed by atoms with Crippen LogP contribution in [0.3, 0.4) is 0 Å². The Labute approximate surface area is 162 Å². The van der Waals surface area contributed by atoms with Crippen LogP contribution in [0, 0.1) is 0 Å². The molecule has 1 atom stereocenters. The van der Waals surface area contributed by atoms with Gasteiger partial charge < -0.3 is 14.8 Å². The summed E-state index contributed by atoms with van der Waals surface area (Å²) in [6.45, 7) is 2.04. The van der Waals surface area contributed by atoms with Crippen LogP contribution in [0.1, 0.15) is 24.1 Å². The van der Waals surface area contributed by atoms with Crippen molar-refractivity contribution < 1.29 is 14.3 Å². The summed E-state index contributed by atoms with van der Waals surface area (Å²) in [7, 11) is 1.61. The van der Waals surface area contributed by atoms with Crippen LogP contribution < -0.4 is 10.1 Å². The zero-order valence-electron chi connectivity index (χ0n) is 15.6. The largest absolute Gasteiger partial charge is 0.497 e. The number of methoxy groups -OCH3 is 1. The maximum absolute atomic E-state index is 13.0. The molecule has 3 aromatic rings. The number of rotatable bonds is 5. The van der Waals surface area contributed by atoms with Gasteiger partial charge in [-0.25, -0.2) is 9.48 Å². The molecule has 0 spiro atoms. The molecular weight excluding hydrogens is 356 g/mol. The number of fused-ring (bicyclic) bond motifs is 1. The number of ether oxygens (including phenoxy) is 2. The second-order valence-electron chi connectivity index (χ2n) is 6.43. The standard InChI is InChI=1S/C21H20N4O3/c1-14-18(20(26)28-12-15-7-4-3-5-8-15)19(25-21(24-14)22-13-23-25)16-9-6-10-17(11-16)27-2/h3-11,13,19H,12H2,1-2H3,(H,22,23,24). The van der Waals surface area contributed by atoms with E-state index < -0.39 is 12.0 Å². The molecule has 1 aliphatic rings. The highest BCUT2D eigenvalue weighted by Gasteiger charge is 2.34. The van der Waals surface area contributed by atoms with E-state index in [2.05, 4.69) is 15.4 Å². The van der Waals surface area contributed by atoms with Crippen LogP contribution in [0.25, 0.3) is 0 Å². The molecular formula is C21H20N4O3. The highest BCUT2D eigenvalue weighted by atomic mass is 16.5. The Morgan fingerprint density at radius 2 is 2.00 bits per heavy atom. The van der Waals surface area contributed by atoms with Crippen molar-refractivity contribution in [2.45, 2.75) is 19.6 Å². The number of allylic oxidation sites excluding steroid dienone is 1. The van der Waals surface area contributed by atoms with Crippen molar-refractivity contribution in [1.29, 1.82) is 0 Å². The molecule has 4 rings (SSSR count). The van der Waals surface area contributed by atoms with Crippen LogP contribution in [-0.4, -0.2) is 27.8 Å². The Morgan fingerprint density at radius 3 is 2.79 bits per heavy atom. The summed E-state index contributed by atoms with van der Waals surface area (Å²) in [4.78, 5) is 17.3. The van der Waals surface area contributed by atoms with Gasteiger partial charge in [-0.05, 0) is 30.2 Å². The molecule has 1 aromatic heterocycles. The van der Waals surface area contributed by atoms with E-state index in [-0.39, 0.29) is 6.61 Å². The lowest BCUT2D eigenvalue weighted by Gasteiger charge is -2.28. The van der Waals surface area contributed by atoms with Gasteiger partial charge in [0.2, 0.25) is 5.95 Å². The van der Waals surface area contributed by atoms with Crippen molar-refractivity contribution in [3.8, 4) is 5.75 Å². The SMILES string of the molecule is COc1cccc(C2C(C(=O)OCc3ccccc3)=C(C)Nc3ncnn32)c1. The van der Waals surface area contributed by atoms with E-state index >= 15 is 0 Å². The van der Waals surface area contributed by atoms with Crippen molar-refractivity contribution in [3.63, 3.8) is 0 Å². The van der Waals surface area contributed by atoms with Gasteiger partial charge in [-0.1, -0.05) is 42.5 Å². The summed E-state index contributed by atoms with van der Waals surface area (Å²) in [5.41, 5.74) is 2.96. The van der Waals surface area contributed by atoms with Crippen molar-refractivity contribution in [2.24, 2.45) is 0 Å². The van der Waals surface area contributed by atoms with E-state index in [4.69, 9.17) is 9.47 Å². The molecule has 1 N–H and O–H groups in total. The molecule has 1 aliphatic heterocycles. The molecule has 0 aliphatic carbocycles. The zero-order valence-corrected chi connectivity index (χ0v) is 15.6. The molecule has 2 aromatic carbocycles. The molecule has 28 heavy (non-hydrogen) atoms. The summed E-state index contributed by atoms with van der Waals surface area (Å²) in [5, 5.41) is 7.45. The average molecular weight is 376 g/mol. The Kier molecular flexibility index (Phi) is 4.80. The molecule has 0 radical (unpaired) electrons. The van der Waals surface area contributed by atoms with Gasteiger partial charge in [0.1, 0.15) is 24.7 Å². The number of carbonyl (C=O) groups excluding carboxylic acids is 1. The molecule has 2 heterocycles. The van der Waals surface area contributed by atoms with Crippen molar-refractivity contribution in [2.75, 3.05) is 12.4 Å². The average Bonchev–Trinajstić information content (AvgIpc) is 3.19. The Morgan fingerprint density at radius 1 is 1.18 bits per heavy atom. The summed E-state index contributed by atoms with van der Waals surface area (Å²) in [6, 6.07) is 16.7. The first-order valence-corrected chi connectivity index (χ1v) is 8.89. The predicted octanol–water partition coefficient (Wildman–Crippen LogP) is 3.32. The van der Waals surface area contributed by atoms with E-state index in [0.717, 1.165) is 11.1 Å². The maximum Gasteiger partial charge on any atom is 0.338 e. The molecule has 7 nitrogen and oxygen atoms in total. The molecule has 0 bridgehead atoms. The van der Waals surface area contributed by atoms with Crippen molar-refractivity contribution in [3.05, 3.63) is 83.3 Å². The Bertz CT molecular complexity index is 1030. The van der Waals surface area contributed by atoms with Crippen molar-refractivity contribution >= 4 is 11.9 Å². The highest BCUT2D eigenvalue weighted by Crippen LogP contribution is 2.36. The second-order valence-corrected chi connectivity index (χ2v) is 6.43. The summed E-state index contributed by atoms with van der Waals surface area (Å²) >= 11 is 0. The molecule has 0 fully saturated rings. The third-order valence-corrected chi connectivity index (χ3v) is 4.64. The molecule has 0 amide bonds. The third-order valence-electron chi connectivity index (χ3n) is 4.64. The van der Waals surface area contributed by atoms with E-state index in [0.29, 0.717) is 23.0 Å². The normalized spacial score (nSPS) is 15.6. The van der Waals surface area contributed by atoms with Crippen LogP contribution in [0.4, 0.5) is 5.95 Å². The van der Waals surface area contributed by atoms with Gasteiger partial charge in [0.15, 0.2) is 0 Å². The van der Waals surface area contributed by atoms with Crippen LogP contribution in [0.2, 0.25) is 0 Å². The Balaban J connectivity index is 1.69. The second kappa shape index (κ2) is 7.56. The molecule has 142 valence electrons. The van der Waals surface area contributed by atoms with E-state index in [1.54, 1.807) is 11.8 Å². The van der Waals surface area contributed by atoms with Crippen LogP contribution in [-0.2, 0) is 16.1 Å². The predicted molar refractivity (Wildman–Crippen MR) is 104 cm³/mol. The van der Waals surface area contributed by atoms with Gasteiger partial charge in [-0.15, -0.1) is 0 Å². The lowest BCUT2D eigenvalue weighted by Crippen LogP contribution is -2.29. The number of anilines is 1. The minimum Gasteiger partial charge on any atom is -0.497 e. The summed E-state index contributed by atoms with van der Waals surface area (Å²) in [6.07, 6.45) is 1.46. The van der Waals surface area contributed by atoms with Gasteiger partial charge in [-0.3, -0.25) is 0 Å². The monoisotopic (exact) mass is 376 g/mol. The Hall–Kier alpha value is -3.61. The van der Waals surface area contributed by atoms with Gasteiger partial charge in [0.25, 0.3) is 0 Å². The number of aromatic nitrogens is 3. The van der Waals surface area contributed by atoms with E-state index in [9.17, 15) is 4.79 Å². The topological polar surface area (TPSA) is 78.3 Å². The fourth-order valence-electron chi connectivity index (χ4n) is 3.28. The third kappa shape index (κ3) is 3.34. The van der Waals surface area contributed by atoms with Crippen LogP contribution in [0.5, 0.6) is 5.75 Å². The summed E-state index contributed by atoms with van der Waals surface area (Å²) < 4.78 is 12.6. The number of hydrogen-bond donors (Lipinski definition) is 1. The molecule has 0 saturated heterocycles.